The van der Waals surface area contributed by atoms with E-state index in [1.165, 1.54) is 6.07 Å². The molecule has 96 valence electrons. The largest absolute Gasteiger partial charge is 0.399 e. The Labute approximate surface area is 112 Å². The lowest BCUT2D eigenvalue weighted by Crippen LogP contribution is -1.88. The molecule has 0 saturated heterocycles. The normalized spacial score (nSPS) is 11.1. The number of rotatable bonds is 1. The summed E-state index contributed by atoms with van der Waals surface area (Å²) >= 11 is 6.05. The van der Waals surface area contributed by atoms with Crippen molar-refractivity contribution in [3.8, 4) is 11.4 Å². The van der Waals surface area contributed by atoms with Crippen molar-refractivity contribution in [1.29, 1.82) is 0 Å². The summed E-state index contributed by atoms with van der Waals surface area (Å²) < 4.78 is 26.7. The van der Waals surface area contributed by atoms with Crippen molar-refractivity contribution in [2.75, 3.05) is 5.73 Å². The van der Waals surface area contributed by atoms with Gasteiger partial charge in [0, 0.05) is 17.3 Å². The van der Waals surface area contributed by atoms with Crippen LogP contribution in [0.2, 0.25) is 5.02 Å². The maximum absolute atomic E-state index is 13.6. The number of nitrogens with one attached hydrogen (secondary N) is 1. The minimum absolute atomic E-state index is 0.0647. The van der Waals surface area contributed by atoms with E-state index in [1.54, 1.807) is 18.2 Å². The molecule has 0 amide bonds. The smallest absolute Gasteiger partial charge is 0.153 e. The van der Waals surface area contributed by atoms with Gasteiger partial charge in [-0.1, -0.05) is 11.6 Å². The van der Waals surface area contributed by atoms with Crippen molar-refractivity contribution >= 4 is 28.3 Å². The van der Waals surface area contributed by atoms with E-state index in [4.69, 9.17) is 17.3 Å². The second kappa shape index (κ2) is 4.20. The molecule has 0 saturated carbocycles. The first kappa shape index (κ1) is 11.9. The maximum atomic E-state index is 13.6. The number of nitrogen functional groups attached to an aromatic ring is 1. The van der Waals surface area contributed by atoms with Crippen LogP contribution >= 0.6 is 11.6 Å². The summed E-state index contributed by atoms with van der Waals surface area (Å²) in [4.78, 5) is 6.92. The Morgan fingerprint density at radius 1 is 1.16 bits per heavy atom. The molecule has 0 bridgehead atoms. The van der Waals surface area contributed by atoms with E-state index >= 15 is 0 Å². The number of hydrogen-bond acceptors (Lipinski definition) is 2. The number of benzene rings is 2. The molecule has 0 aliphatic heterocycles. The molecular weight excluding hydrogens is 272 g/mol. The summed E-state index contributed by atoms with van der Waals surface area (Å²) in [5, 5.41) is 0.425. The number of halogens is 3. The van der Waals surface area contributed by atoms with E-state index in [2.05, 4.69) is 9.97 Å². The number of hydrogen-bond donors (Lipinski definition) is 2. The highest BCUT2D eigenvalue weighted by Gasteiger charge is 2.13. The van der Waals surface area contributed by atoms with Gasteiger partial charge < -0.3 is 10.7 Å². The van der Waals surface area contributed by atoms with Gasteiger partial charge in [-0.25, -0.2) is 13.8 Å². The van der Waals surface area contributed by atoms with Crippen molar-refractivity contribution in [2.45, 2.75) is 0 Å². The average Bonchev–Trinajstić information content (AvgIpc) is 2.76. The van der Waals surface area contributed by atoms with Crippen molar-refractivity contribution in [1.82, 2.24) is 9.97 Å². The van der Waals surface area contributed by atoms with Crippen LogP contribution in [0.5, 0.6) is 0 Å². The Balaban J connectivity index is 2.26. The SMILES string of the molecule is Nc1ccc(Cl)c(-c2nc3c(F)cc(F)cc3[nH]2)c1. The molecule has 0 aliphatic carbocycles. The Kier molecular flexibility index (Phi) is 2.64. The first-order valence-electron chi connectivity index (χ1n) is 5.45. The number of anilines is 1. The topological polar surface area (TPSA) is 54.7 Å². The second-order valence-electron chi connectivity index (χ2n) is 4.11. The standard InChI is InChI=1S/C13H8ClF2N3/c14-9-2-1-7(17)5-8(9)13-18-11-4-6(15)3-10(16)12(11)19-13/h1-5H,17H2,(H,18,19). The van der Waals surface area contributed by atoms with E-state index in [0.29, 0.717) is 22.1 Å². The van der Waals surface area contributed by atoms with Crippen LogP contribution in [0.1, 0.15) is 0 Å². The minimum atomic E-state index is -0.725. The van der Waals surface area contributed by atoms with Crippen molar-refractivity contribution in [3.05, 3.63) is 47.0 Å². The molecule has 2 aromatic carbocycles. The molecule has 19 heavy (non-hydrogen) atoms. The maximum Gasteiger partial charge on any atom is 0.153 e. The van der Waals surface area contributed by atoms with Gasteiger partial charge in [-0.15, -0.1) is 0 Å². The number of fused-ring (bicyclic) bond motifs is 1. The molecule has 1 heterocycles. The van der Waals surface area contributed by atoms with Crippen LogP contribution in [0.15, 0.2) is 30.3 Å². The molecule has 0 fully saturated rings. The number of aromatic nitrogens is 2. The molecule has 3 nitrogen and oxygen atoms in total. The third-order valence-electron chi connectivity index (χ3n) is 2.75. The molecule has 0 atom stereocenters. The lowest BCUT2D eigenvalue weighted by atomic mass is 10.2. The molecule has 3 N–H and O–H groups in total. The van der Waals surface area contributed by atoms with Gasteiger partial charge in [0.1, 0.15) is 17.2 Å². The van der Waals surface area contributed by atoms with E-state index in [0.717, 1.165) is 6.07 Å². The fourth-order valence-electron chi connectivity index (χ4n) is 1.89. The lowest BCUT2D eigenvalue weighted by molar-refractivity contribution is 0.591. The van der Waals surface area contributed by atoms with E-state index in [1.807, 2.05) is 0 Å². The number of imidazole rings is 1. The number of nitrogens with two attached hydrogens (primary N) is 1. The van der Waals surface area contributed by atoms with Gasteiger partial charge in [-0.2, -0.15) is 0 Å². The summed E-state index contributed by atoms with van der Waals surface area (Å²) in [6, 6.07) is 6.85. The Morgan fingerprint density at radius 2 is 1.95 bits per heavy atom. The first-order chi connectivity index (χ1) is 9.04. The third-order valence-corrected chi connectivity index (χ3v) is 3.08. The van der Waals surface area contributed by atoms with E-state index in [-0.39, 0.29) is 11.0 Å². The third kappa shape index (κ3) is 2.02. The summed E-state index contributed by atoms with van der Waals surface area (Å²) in [7, 11) is 0. The lowest BCUT2D eigenvalue weighted by Gasteiger charge is -2.01. The highest BCUT2D eigenvalue weighted by atomic mass is 35.5. The molecule has 0 radical (unpaired) electrons. The van der Waals surface area contributed by atoms with Crippen LogP contribution in [0.25, 0.3) is 22.4 Å². The quantitative estimate of drug-likeness (QED) is 0.667. The molecule has 0 unspecified atom stereocenters. The van der Waals surface area contributed by atoms with Crippen LogP contribution in [0.4, 0.5) is 14.5 Å². The summed E-state index contributed by atoms with van der Waals surface area (Å²) in [6.45, 7) is 0. The fraction of sp³-hybridized carbons (Fsp3) is 0. The predicted octanol–water partition coefficient (Wildman–Crippen LogP) is 3.74. The summed E-state index contributed by atoms with van der Waals surface area (Å²) in [5.74, 6) is -1.05. The zero-order valence-electron chi connectivity index (χ0n) is 9.55. The first-order valence-corrected chi connectivity index (χ1v) is 5.82. The van der Waals surface area contributed by atoms with Crippen LogP contribution in [-0.2, 0) is 0 Å². The molecule has 3 rings (SSSR count). The Hall–Kier alpha value is -2.14. The molecular formula is C13H8ClF2N3. The molecule has 1 aromatic heterocycles. The van der Waals surface area contributed by atoms with Gasteiger partial charge in [-0.05, 0) is 24.3 Å². The molecule has 6 heteroatoms. The van der Waals surface area contributed by atoms with Gasteiger partial charge in [0.25, 0.3) is 0 Å². The van der Waals surface area contributed by atoms with E-state index in [9.17, 15) is 8.78 Å². The zero-order chi connectivity index (χ0) is 13.6. The second-order valence-corrected chi connectivity index (χ2v) is 4.52. The van der Waals surface area contributed by atoms with Gasteiger partial charge in [0.2, 0.25) is 0 Å². The van der Waals surface area contributed by atoms with Crippen molar-refractivity contribution in [2.24, 2.45) is 0 Å². The highest BCUT2D eigenvalue weighted by molar-refractivity contribution is 6.33. The van der Waals surface area contributed by atoms with Gasteiger partial charge in [0.05, 0.1) is 10.5 Å². The summed E-state index contributed by atoms with van der Waals surface area (Å²) in [6.07, 6.45) is 0. The van der Waals surface area contributed by atoms with Crippen LogP contribution in [0.3, 0.4) is 0 Å². The van der Waals surface area contributed by atoms with Crippen LogP contribution in [-0.4, -0.2) is 9.97 Å². The number of nitrogens with zero attached hydrogens (tertiary/aromatic N) is 1. The average molecular weight is 280 g/mol. The Bertz CT molecular complexity index is 783. The molecule has 0 aliphatic rings. The zero-order valence-corrected chi connectivity index (χ0v) is 10.3. The molecule has 3 aromatic rings. The van der Waals surface area contributed by atoms with E-state index < -0.39 is 11.6 Å². The predicted molar refractivity (Wildman–Crippen MR) is 70.9 cm³/mol. The van der Waals surface area contributed by atoms with Crippen molar-refractivity contribution in [3.63, 3.8) is 0 Å². The number of aromatic amines is 1. The number of H-pyrrole nitrogens is 1. The van der Waals surface area contributed by atoms with Gasteiger partial charge >= 0.3 is 0 Å². The van der Waals surface area contributed by atoms with Gasteiger partial charge in [-0.3, -0.25) is 0 Å². The molecule has 0 spiro atoms. The summed E-state index contributed by atoms with van der Waals surface area (Å²) in [5.41, 5.74) is 7.06. The monoisotopic (exact) mass is 279 g/mol. The van der Waals surface area contributed by atoms with Crippen molar-refractivity contribution < 1.29 is 8.78 Å². The van der Waals surface area contributed by atoms with Crippen LogP contribution in [0, 0.1) is 11.6 Å². The van der Waals surface area contributed by atoms with Crippen LogP contribution < -0.4 is 5.73 Å². The van der Waals surface area contributed by atoms with Gasteiger partial charge in [0.15, 0.2) is 5.82 Å². The minimum Gasteiger partial charge on any atom is -0.399 e. The highest BCUT2D eigenvalue weighted by Crippen LogP contribution is 2.30. The Morgan fingerprint density at radius 3 is 2.74 bits per heavy atom. The fourth-order valence-corrected chi connectivity index (χ4v) is 2.10.